The van der Waals surface area contributed by atoms with Crippen molar-refractivity contribution in [3.8, 4) is 0 Å². The summed E-state index contributed by atoms with van der Waals surface area (Å²) >= 11 is 0. The highest BCUT2D eigenvalue weighted by Gasteiger charge is 2.41. The predicted molar refractivity (Wildman–Crippen MR) is 78.1 cm³/mol. The molecule has 1 saturated carbocycles. The number of carbonyl (C=O) groups is 2. The van der Waals surface area contributed by atoms with E-state index in [1.54, 1.807) is 0 Å². The number of rotatable bonds is 3. The van der Waals surface area contributed by atoms with E-state index in [1.807, 2.05) is 18.2 Å². The maximum absolute atomic E-state index is 12.3. The van der Waals surface area contributed by atoms with Crippen LogP contribution in [0.25, 0.3) is 0 Å². The second-order valence-electron chi connectivity index (χ2n) is 5.85. The fourth-order valence-corrected chi connectivity index (χ4v) is 3.10. The average molecular weight is 288 g/mol. The Morgan fingerprint density at radius 1 is 1.19 bits per heavy atom. The number of hydrogen-bond acceptors (Lipinski definition) is 2. The summed E-state index contributed by atoms with van der Waals surface area (Å²) in [6.45, 7) is 0.533. The van der Waals surface area contributed by atoms with Crippen LogP contribution in [0.15, 0.2) is 30.3 Å². The minimum Gasteiger partial charge on any atom is -0.480 e. The molecule has 2 aliphatic rings. The molecule has 3 atom stereocenters. The van der Waals surface area contributed by atoms with Crippen molar-refractivity contribution >= 4 is 12.0 Å². The van der Waals surface area contributed by atoms with Crippen molar-refractivity contribution in [3.63, 3.8) is 0 Å². The molecule has 1 saturated heterocycles. The zero-order valence-electron chi connectivity index (χ0n) is 11.9. The van der Waals surface area contributed by atoms with Gasteiger partial charge in [-0.25, -0.2) is 9.59 Å². The zero-order valence-corrected chi connectivity index (χ0v) is 11.9. The molecule has 1 aliphatic heterocycles. The SMILES string of the molecule is O=C(O)C1CCCCN1C(=O)NC1CC1c1ccccc1. The van der Waals surface area contributed by atoms with Crippen LogP contribution in [0.2, 0.25) is 0 Å². The minimum atomic E-state index is -0.903. The first kappa shape index (κ1) is 13.9. The van der Waals surface area contributed by atoms with Crippen LogP contribution in [0.4, 0.5) is 4.79 Å². The summed E-state index contributed by atoms with van der Waals surface area (Å²) in [5.41, 5.74) is 1.23. The molecule has 1 aromatic carbocycles. The highest BCUT2D eigenvalue weighted by atomic mass is 16.4. The minimum absolute atomic E-state index is 0.135. The van der Waals surface area contributed by atoms with E-state index in [1.165, 1.54) is 10.5 Å². The van der Waals surface area contributed by atoms with Gasteiger partial charge >= 0.3 is 12.0 Å². The lowest BCUT2D eigenvalue weighted by molar-refractivity contribution is -0.143. The third-order valence-corrected chi connectivity index (χ3v) is 4.38. The molecule has 1 aromatic rings. The molecule has 2 amide bonds. The summed E-state index contributed by atoms with van der Waals surface area (Å²) < 4.78 is 0. The van der Waals surface area contributed by atoms with Crippen molar-refractivity contribution < 1.29 is 14.7 Å². The first-order valence-corrected chi connectivity index (χ1v) is 7.51. The quantitative estimate of drug-likeness (QED) is 0.895. The normalized spacial score (nSPS) is 28.0. The molecule has 112 valence electrons. The fourth-order valence-electron chi connectivity index (χ4n) is 3.10. The second kappa shape index (κ2) is 5.76. The third-order valence-electron chi connectivity index (χ3n) is 4.38. The number of piperidine rings is 1. The van der Waals surface area contributed by atoms with E-state index in [0.717, 1.165) is 19.3 Å². The lowest BCUT2D eigenvalue weighted by Gasteiger charge is -2.33. The van der Waals surface area contributed by atoms with Gasteiger partial charge in [-0.15, -0.1) is 0 Å². The van der Waals surface area contributed by atoms with Crippen molar-refractivity contribution in [1.82, 2.24) is 10.2 Å². The maximum Gasteiger partial charge on any atom is 0.326 e. The zero-order chi connectivity index (χ0) is 14.8. The highest BCUT2D eigenvalue weighted by Crippen LogP contribution is 2.40. The molecule has 5 heteroatoms. The molecule has 1 heterocycles. The molecule has 0 bridgehead atoms. The number of carboxylic acids is 1. The Bertz CT molecular complexity index is 532. The number of amides is 2. The maximum atomic E-state index is 12.3. The van der Waals surface area contributed by atoms with Crippen LogP contribution in [0.1, 0.15) is 37.2 Å². The van der Waals surface area contributed by atoms with Gasteiger partial charge in [0.2, 0.25) is 0 Å². The van der Waals surface area contributed by atoms with Gasteiger partial charge in [-0.05, 0) is 31.2 Å². The molecule has 0 aromatic heterocycles. The molecule has 21 heavy (non-hydrogen) atoms. The first-order chi connectivity index (χ1) is 10.2. The standard InChI is InChI=1S/C16H20N2O3/c19-15(20)14-8-4-5-9-18(14)16(21)17-13-10-12(13)11-6-2-1-3-7-11/h1-3,6-7,12-14H,4-5,8-10H2,(H,17,21)(H,19,20). The molecule has 1 aliphatic carbocycles. The van der Waals surface area contributed by atoms with Gasteiger partial charge in [0.1, 0.15) is 6.04 Å². The van der Waals surface area contributed by atoms with Gasteiger partial charge in [0.15, 0.2) is 0 Å². The number of nitrogens with one attached hydrogen (secondary N) is 1. The number of likely N-dealkylation sites (tertiary alicyclic amines) is 1. The van der Waals surface area contributed by atoms with Crippen LogP contribution < -0.4 is 5.32 Å². The van der Waals surface area contributed by atoms with Crippen LogP contribution >= 0.6 is 0 Å². The van der Waals surface area contributed by atoms with E-state index >= 15 is 0 Å². The van der Waals surface area contributed by atoms with Crippen molar-refractivity contribution in [2.75, 3.05) is 6.54 Å². The summed E-state index contributed by atoms with van der Waals surface area (Å²) in [4.78, 5) is 25.0. The van der Waals surface area contributed by atoms with Crippen LogP contribution in [-0.2, 0) is 4.79 Å². The molecule has 5 nitrogen and oxygen atoms in total. The molecule has 0 radical (unpaired) electrons. The monoisotopic (exact) mass is 288 g/mol. The predicted octanol–water partition coefficient (Wildman–Crippen LogP) is 2.19. The van der Waals surface area contributed by atoms with Gasteiger partial charge in [0.05, 0.1) is 0 Å². The number of carboxylic acid groups (broad SMARTS) is 1. The van der Waals surface area contributed by atoms with E-state index in [0.29, 0.717) is 18.9 Å². The van der Waals surface area contributed by atoms with Gasteiger partial charge in [-0.1, -0.05) is 30.3 Å². The van der Waals surface area contributed by atoms with Crippen molar-refractivity contribution in [1.29, 1.82) is 0 Å². The van der Waals surface area contributed by atoms with E-state index in [2.05, 4.69) is 17.4 Å². The molecule has 0 spiro atoms. The summed E-state index contributed by atoms with van der Waals surface area (Å²) in [6.07, 6.45) is 3.23. The molecule has 3 unspecified atom stereocenters. The number of hydrogen-bond donors (Lipinski definition) is 2. The fraction of sp³-hybridized carbons (Fsp3) is 0.500. The highest BCUT2D eigenvalue weighted by molar-refractivity contribution is 5.83. The Hall–Kier alpha value is -2.04. The third kappa shape index (κ3) is 3.01. The van der Waals surface area contributed by atoms with Gasteiger partial charge in [-0.2, -0.15) is 0 Å². The Morgan fingerprint density at radius 2 is 1.95 bits per heavy atom. The van der Waals surface area contributed by atoms with E-state index < -0.39 is 12.0 Å². The van der Waals surface area contributed by atoms with Crippen LogP contribution in [-0.4, -0.2) is 40.6 Å². The number of benzene rings is 1. The Morgan fingerprint density at radius 3 is 2.67 bits per heavy atom. The summed E-state index contributed by atoms with van der Waals surface area (Å²) in [6, 6.07) is 9.34. The summed E-state index contributed by atoms with van der Waals surface area (Å²) in [7, 11) is 0. The average Bonchev–Trinajstić information content (AvgIpc) is 3.27. The Labute approximate surface area is 123 Å². The Balaban J connectivity index is 1.58. The number of urea groups is 1. The van der Waals surface area contributed by atoms with E-state index in [4.69, 9.17) is 0 Å². The molecule has 3 rings (SSSR count). The van der Waals surface area contributed by atoms with E-state index in [9.17, 15) is 14.7 Å². The topological polar surface area (TPSA) is 69.6 Å². The molecular weight excluding hydrogens is 268 g/mol. The van der Waals surface area contributed by atoms with Gasteiger partial charge in [0.25, 0.3) is 0 Å². The lowest BCUT2D eigenvalue weighted by atomic mass is 10.0. The number of aliphatic carboxylic acids is 1. The number of carbonyl (C=O) groups excluding carboxylic acids is 1. The largest absolute Gasteiger partial charge is 0.480 e. The van der Waals surface area contributed by atoms with Crippen LogP contribution in [0.5, 0.6) is 0 Å². The molecule has 2 fully saturated rings. The molecule has 2 N–H and O–H groups in total. The van der Waals surface area contributed by atoms with E-state index in [-0.39, 0.29) is 12.1 Å². The summed E-state index contributed by atoms with van der Waals surface area (Å²) in [5.74, 6) is -0.538. The van der Waals surface area contributed by atoms with Crippen molar-refractivity contribution in [3.05, 3.63) is 35.9 Å². The van der Waals surface area contributed by atoms with Gasteiger partial charge in [0, 0.05) is 18.5 Å². The molecular formula is C16H20N2O3. The van der Waals surface area contributed by atoms with Crippen molar-refractivity contribution in [2.45, 2.75) is 43.7 Å². The Kier molecular flexibility index (Phi) is 3.82. The van der Waals surface area contributed by atoms with Crippen molar-refractivity contribution in [2.24, 2.45) is 0 Å². The van der Waals surface area contributed by atoms with Gasteiger partial charge < -0.3 is 15.3 Å². The number of nitrogens with zero attached hydrogens (tertiary/aromatic N) is 1. The second-order valence-corrected chi connectivity index (χ2v) is 5.85. The smallest absolute Gasteiger partial charge is 0.326 e. The lowest BCUT2D eigenvalue weighted by Crippen LogP contribution is -2.52. The first-order valence-electron chi connectivity index (χ1n) is 7.51. The summed E-state index contributed by atoms with van der Waals surface area (Å²) in [5, 5.41) is 12.2. The van der Waals surface area contributed by atoms with Gasteiger partial charge in [-0.3, -0.25) is 0 Å². The van der Waals surface area contributed by atoms with Crippen LogP contribution in [0.3, 0.4) is 0 Å². The van der Waals surface area contributed by atoms with Crippen LogP contribution in [0, 0.1) is 0 Å².